The Morgan fingerprint density at radius 1 is 1.23 bits per heavy atom. The number of benzene rings is 1. The van der Waals surface area contributed by atoms with Crippen molar-refractivity contribution < 1.29 is 18.9 Å². The van der Waals surface area contributed by atoms with Crippen LogP contribution >= 0.6 is 0 Å². The first-order valence-corrected chi connectivity index (χ1v) is 7.55. The van der Waals surface area contributed by atoms with Crippen LogP contribution in [0.15, 0.2) is 55.1 Å². The van der Waals surface area contributed by atoms with Crippen LogP contribution in [0, 0.1) is 0 Å². The van der Waals surface area contributed by atoms with Crippen LogP contribution in [0.1, 0.15) is 19.4 Å². The van der Waals surface area contributed by atoms with Crippen molar-refractivity contribution in [2.24, 2.45) is 0 Å². The Morgan fingerprint density at radius 2 is 2.00 bits per heavy atom. The van der Waals surface area contributed by atoms with Gasteiger partial charge in [0.25, 0.3) is 0 Å². The summed E-state index contributed by atoms with van der Waals surface area (Å²) in [6, 6.07) is 10.1. The number of rotatable bonds is 5. The van der Waals surface area contributed by atoms with E-state index in [-0.39, 0.29) is 18.3 Å². The SMILES string of the molecule is C=C/C=C/[C@H]1O[C@@H]2OC(C)(C)O[C@@H]2[C@H]1OCc1ccccc1. The molecule has 0 bridgehead atoms. The molecule has 1 aromatic rings. The van der Waals surface area contributed by atoms with Crippen LogP contribution in [-0.4, -0.2) is 30.4 Å². The second-order valence-electron chi connectivity index (χ2n) is 5.95. The average Bonchev–Trinajstić information content (AvgIpc) is 2.95. The molecule has 3 rings (SSSR count). The summed E-state index contributed by atoms with van der Waals surface area (Å²) in [5.74, 6) is -0.642. The van der Waals surface area contributed by atoms with Crippen molar-refractivity contribution in [2.75, 3.05) is 0 Å². The smallest absolute Gasteiger partial charge is 0.190 e. The van der Waals surface area contributed by atoms with E-state index in [1.807, 2.05) is 56.3 Å². The summed E-state index contributed by atoms with van der Waals surface area (Å²) in [6.45, 7) is 7.98. The fourth-order valence-corrected chi connectivity index (χ4v) is 2.80. The van der Waals surface area contributed by atoms with Gasteiger partial charge in [-0.3, -0.25) is 0 Å². The normalized spacial score (nSPS) is 33.2. The lowest BCUT2D eigenvalue weighted by Gasteiger charge is -2.24. The maximum atomic E-state index is 6.09. The molecule has 2 aliphatic heterocycles. The first-order chi connectivity index (χ1) is 10.6. The van der Waals surface area contributed by atoms with Crippen LogP contribution in [-0.2, 0) is 25.6 Å². The molecule has 0 spiro atoms. The monoisotopic (exact) mass is 302 g/mol. The molecule has 4 nitrogen and oxygen atoms in total. The summed E-state index contributed by atoms with van der Waals surface area (Å²) in [4.78, 5) is 0. The highest BCUT2D eigenvalue weighted by Gasteiger charge is 2.54. The molecule has 0 unspecified atom stereocenters. The van der Waals surface area contributed by atoms with Gasteiger partial charge in [-0.25, -0.2) is 0 Å². The van der Waals surface area contributed by atoms with Crippen LogP contribution < -0.4 is 0 Å². The standard InChI is InChI=1S/C18H22O4/c1-4-5-11-14-15(19-12-13-9-7-6-8-10-13)16-17(20-14)22-18(2,3)21-16/h4-11,14-17H,1,12H2,2-3H3/b11-5+/t14-,15+,16-,17-/m1/s1. The van der Waals surface area contributed by atoms with Crippen LogP contribution in [0.3, 0.4) is 0 Å². The molecule has 0 amide bonds. The van der Waals surface area contributed by atoms with Gasteiger partial charge in [-0.15, -0.1) is 0 Å². The van der Waals surface area contributed by atoms with Gasteiger partial charge in [-0.2, -0.15) is 0 Å². The molecular weight excluding hydrogens is 280 g/mol. The first kappa shape index (κ1) is 15.4. The maximum Gasteiger partial charge on any atom is 0.190 e. The highest BCUT2D eigenvalue weighted by molar-refractivity contribution is 5.14. The van der Waals surface area contributed by atoms with Crippen molar-refractivity contribution in [2.45, 2.75) is 50.8 Å². The van der Waals surface area contributed by atoms with E-state index in [1.165, 1.54) is 0 Å². The van der Waals surface area contributed by atoms with Crippen molar-refractivity contribution >= 4 is 0 Å². The summed E-state index contributed by atoms with van der Waals surface area (Å²) >= 11 is 0. The number of ether oxygens (including phenoxy) is 4. The lowest BCUT2D eigenvalue weighted by Crippen LogP contribution is -2.36. The predicted molar refractivity (Wildman–Crippen MR) is 83.1 cm³/mol. The van der Waals surface area contributed by atoms with E-state index in [0.717, 1.165) is 5.56 Å². The highest BCUT2D eigenvalue weighted by atomic mass is 16.8. The molecular formula is C18H22O4. The Labute approximate surface area is 131 Å². The minimum absolute atomic E-state index is 0.201. The minimum atomic E-state index is -0.642. The van der Waals surface area contributed by atoms with E-state index >= 15 is 0 Å². The quantitative estimate of drug-likeness (QED) is 0.783. The van der Waals surface area contributed by atoms with Gasteiger partial charge in [0, 0.05) is 0 Å². The molecule has 4 heteroatoms. The number of fused-ring (bicyclic) bond motifs is 1. The summed E-state index contributed by atoms with van der Waals surface area (Å²) in [7, 11) is 0. The fourth-order valence-electron chi connectivity index (χ4n) is 2.80. The Bertz CT molecular complexity index is 537. The van der Waals surface area contributed by atoms with E-state index in [1.54, 1.807) is 6.08 Å². The summed E-state index contributed by atoms with van der Waals surface area (Å²) in [5, 5.41) is 0. The average molecular weight is 302 g/mol. The van der Waals surface area contributed by atoms with E-state index in [0.29, 0.717) is 6.61 Å². The maximum absolute atomic E-state index is 6.09. The molecule has 22 heavy (non-hydrogen) atoms. The summed E-state index contributed by atoms with van der Waals surface area (Å²) in [6.07, 6.45) is 4.48. The molecule has 4 atom stereocenters. The Balaban J connectivity index is 1.71. The Kier molecular flexibility index (Phi) is 4.45. The lowest BCUT2D eigenvalue weighted by atomic mass is 10.1. The van der Waals surface area contributed by atoms with Crippen LogP contribution in [0.25, 0.3) is 0 Å². The highest BCUT2D eigenvalue weighted by Crippen LogP contribution is 2.39. The zero-order valence-electron chi connectivity index (χ0n) is 13.0. The summed E-state index contributed by atoms with van der Waals surface area (Å²) in [5.41, 5.74) is 1.12. The third kappa shape index (κ3) is 3.31. The van der Waals surface area contributed by atoms with Gasteiger partial charge < -0.3 is 18.9 Å². The van der Waals surface area contributed by atoms with Crippen molar-refractivity contribution in [3.63, 3.8) is 0 Å². The molecule has 1 aromatic carbocycles. The third-order valence-electron chi connectivity index (χ3n) is 3.75. The Hall–Kier alpha value is -1.46. The van der Waals surface area contributed by atoms with Crippen LogP contribution in [0.2, 0.25) is 0 Å². The Morgan fingerprint density at radius 3 is 2.73 bits per heavy atom. The van der Waals surface area contributed by atoms with Gasteiger partial charge >= 0.3 is 0 Å². The van der Waals surface area contributed by atoms with Crippen molar-refractivity contribution in [3.05, 3.63) is 60.7 Å². The minimum Gasteiger partial charge on any atom is -0.368 e. The molecule has 2 saturated heterocycles. The zero-order valence-corrected chi connectivity index (χ0v) is 13.0. The molecule has 0 radical (unpaired) electrons. The van der Waals surface area contributed by atoms with E-state index in [4.69, 9.17) is 18.9 Å². The van der Waals surface area contributed by atoms with Gasteiger partial charge in [0.1, 0.15) is 18.3 Å². The number of allylic oxidation sites excluding steroid dienone is 2. The van der Waals surface area contributed by atoms with Gasteiger partial charge in [-0.1, -0.05) is 55.1 Å². The molecule has 118 valence electrons. The molecule has 2 heterocycles. The molecule has 0 aliphatic carbocycles. The molecule has 0 saturated carbocycles. The van der Waals surface area contributed by atoms with Crippen LogP contribution in [0.4, 0.5) is 0 Å². The summed E-state index contributed by atoms with van der Waals surface area (Å²) < 4.78 is 23.7. The topological polar surface area (TPSA) is 36.9 Å². The zero-order chi connectivity index (χ0) is 15.6. The molecule has 2 aliphatic rings. The molecule has 2 fully saturated rings. The second-order valence-corrected chi connectivity index (χ2v) is 5.95. The first-order valence-electron chi connectivity index (χ1n) is 7.55. The van der Waals surface area contributed by atoms with E-state index in [9.17, 15) is 0 Å². The number of hydrogen-bond donors (Lipinski definition) is 0. The third-order valence-corrected chi connectivity index (χ3v) is 3.75. The van der Waals surface area contributed by atoms with Crippen molar-refractivity contribution in [1.29, 1.82) is 0 Å². The van der Waals surface area contributed by atoms with Gasteiger partial charge in [0.2, 0.25) is 0 Å². The van der Waals surface area contributed by atoms with E-state index in [2.05, 4.69) is 6.58 Å². The second kappa shape index (κ2) is 6.34. The van der Waals surface area contributed by atoms with Gasteiger partial charge in [0.15, 0.2) is 12.1 Å². The molecule has 0 aromatic heterocycles. The fraction of sp³-hybridized carbons (Fsp3) is 0.444. The van der Waals surface area contributed by atoms with E-state index < -0.39 is 12.1 Å². The van der Waals surface area contributed by atoms with Crippen LogP contribution in [0.5, 0.6) is 0 Å². The van der Waals surface area contributed by atoms with Crippen molar-refractivity contribution in [3.8, 4) is 0 Å². The van der Waals surface area contributed by atoms with Gasteiger partial charge in [-0.05, 0) is 19.4 Å². The number of hydrogen-bond acceptors (Lipinski definition) is 4. The predicted octanol–water partition coefficient (Wildman–Crippen LogP) is 3.19. The van der Waals surface area contributed by atoms with Gasteiger partial charge in [0.05, 0.1) is 6.61 Å². The largest absolute Gasteiger partial charge is 0.368 e. The lowest BCUT2D eigenvalue weighted by molar-refractivity contribution is -0.213. The molecule has 0 N–H and O–H groups in total. The van der Waals surface area contributed by atoms with Crippen molar-refractivity contribution in [1.82, 2.24) is 0 Å².